The Morgan fingerprint density at radius 3 is 2.50 bits per heavy atom. The third-order valence-electron chi connectivity index (χ3n) is 3.66. The Labute approximate surface area is 123 Å². The molecule has 0 unspecified atom stereocenters. The van der Waals surface area contributed by atoms with Crippen LogP contribution in [-0.4, -0.2) is 36.3 Å². The van der Waals surface area contributed by atoms with Crippen molar-refractivity contribution in [2.45, 2.75) is 49.0 Å². The van der Waals surface area contributed by atoms with Gasteiger partial charge in [0.2, 0.25) is 0 Å². The number of aromatic nitrogens is 1. The summed E-state index contributed by atoms with van der Waals surface area (Å²) in [4.78, 5) is 0.0414. The zero-order chi connectivity index (χ0) is 14.8. The van der Waals surface area contributed by atoms with Crippen LogP contribution < -0.4 is 11.1 Å². The predicted octanol–water partition coefficient (Wildman–Crippen LogP) is 1.63. The fraction of sp³-hybridized carbons (Fsp3) is 0.750. The van der Waals surface area contributed by atoms with Crippen LogP contribution in [0.15, 0.2) is 4.90 Å². The number of nitrogen functional groups attached to an aromatic ring is 1. The van der Waals surface area contributed by atoms with Crippen molar-refractivity contribution in [3.8, 4) is 0 Å². The van der Waals surface area contributed by atoms with E-state index in [-0.39, 0.29) is 10.7 Å². The van der Waals surface area contributed by atoms with Crippen LogP contribution in [0.1, 0.15) is 38.5 Å². The van der Waals surface area contributed by atoms with E-state index in [9.17, 15) is 13.5 Å². The first-order valence-corrected chi connectivity index (χ1v) is 9.40. The molecule has 2 rings (SSSR count). The molecule has 4 N–H and O–H groups in total. The van der Waals surface area contributed by atoms with E-state index in [0.29, 0.717) is 11.5 Å². The maximum absolute atomic E-state index is 11.7. The monoisotopic (exact) mass is 319 g/mol. The molecule has 114 valence electrons. The van der Waals surface area contributed by atoms with Gasteiger partial charge in [0.05, 0.1) is 5.60 Å². The lowest BCUT2D eigenvalue weighted by molar-refractivity contribution is 0.0381. The van der Waals surface area contributed by atoms with Crippen LogP contribution in [0.5, 0.6) is 0 Å². The highest BCUT2D eigenvalue weighted by Gasteiger charge is 2.29. The number of anilines is 2. The third-order valence-corrected chi connectivity index (χ3v) is 5.76. The second kappa shape index (κ2) is 5.87. The number of hydrogen-bond donors (Lipinski definition) is 3. The zero-order valence-corrected chi connectivity index (χ0v) is 13.2. The molecule has 1 saturated carbocycles. The number of hydrogen-bond acceptors (Lipinski definition) is 7. The van der Waals surface area contributed by atoms with Gasteiger partial charge < -0.3 is 16.2 Å². The van der Waals surface area contributed by atoms with Gasteiger partial charge in [-0.25, -0.2) is 8.42 Å². The molecular weight excluding hydrogens is 298 g/mol. The van der Waals surface area contributed by atoms with E-state index in [1.807, 2.05) is 0 Å². The van der Waals surface area contributed by atoms with Gasteiger partial charge in [-0.1, -0.05) is 25.7 Å². The maximum atomic E-state index is 11.7. The molecule has 1 aliphatic carbocycles. The van der Waals surface area contributed by atoms with Crippen LogP contribution in [0.25, 0.3) is 0 Å². The Kier molecular flexibility index (Phi) is 4.55. The van der Waals surface area contributed by atoms with E-state index >= 15 is 0 Å². The first-order chi connectivity index (χ1) is 9.32. The van der Waals surface area contributed by atoms with Crippen molar-refractivity contribution in [2.24, 2.45) is 0 Å². The summed E-state index contributed by atoms with van der Waals surface area (Å²) in [5.74, 6) is 0.0212. The first-order valence-electron chi connectivity index (χ1n) is 6.73. The van der Waals surface area contributed by atoms with Gasteiger partial charge in [-0.15, -0.1) is 0 Å². The lowest BCUT2D eigenvalue weighted by Gasteiger charge is -2.27. The molecule has 0 amide bonds. The third kappa shape index (κ3) is 3.62. The molecule has 0 aromatic carbocycles. The van der Waals surface area contributed by atoms with Gasteiger partial charge in [0.1, 0.15) is 9.90 Å². The fourth-order valence-corrected chi connectivity index (χ4v) is 4.64. The molecule has 8 heteroatoms. The molecule has 0 atom stereocenters. The van der Waals surface area contributed by atoms with Gasteiger partial charge in [-0.05, 0) is 24.4 Å². The largest absolute Gasteiger partial charge is 0.388 e. The molecule has 0 bridgehead atoms. The van der Waals surface area contributed by atoms with E-state index in [0.717, 1.165) is 56.3 Å². The molecule has 1 aliphatic rings. The van der Waals surface area contributed by atoms with Crippen molar-refractivity contribution >= 4 is 32.2 Å². The van der Waals surface area contributed by atoms with Crippen molar-refractivity contribution in [2.75, 3.05) is 23.9 Å². The summed E-state index contributed by atoms with van der Waals surface area (Å²) < 4.78 is 27.3. The number of nitrogens with one attached hydrogen (secondary N) is 1. The Morgan fingerprint density at radius 1 is 1.35 bits per heavy atom. The van der Waals surface area contributed by atoms with E-state index in [1.54, 1.807) is 0 Å². The average Bonchev–Trinajstić information content (AvgIpc) is 2.59. The SMILES string of the molecule is CS(=O)(=O)c1c(N)nsc1NCC1(O)CCCCCC1. The van der Waals surface area contributed by atoms with E-state index < -0.39 is 15.4 Å². The first kappa shape index (κ1) is 15.5. The Balaban J connectivity index is 2.11. The van der Waals surface area contributed by atoms with Crippen LogP contribution in [0.3, 0.4) is 0 Å². The predicted molar refractivity (Wildman–Crippen MR) is 80.8 cm³/mol. The highest BCUT2D eigenvalue weighted by molar-refractivity contribution is 7.91. The number of rotatable bonds is 4. The molecule has 6 nitrogen and oxygen atoms in total. The second-order valence-electron chi connectivity index (χ2n) is 5.49. The van der Waals surface area contributed by atoms with Crippen molar-refractivity contribution < 1.29 is 13.5 Å². The lowest BCUT2D eigenvalue weighted by atomic mass is 9.94. The zero-order valence-electron chi connectivity index (χ0n) is 11.6. The van der Waals surface area contributed by atoms with Gasteiger partial charge in [0.25, 0.3) is 0 Å². The number of nitrogens with two attached hydrogens (primary N) is 1. The molecule has 0 saturated heterocycles. The van der Waals surface area contributed by atoms with Crippen LogP contribution in [0.2, 0.25) is 0 Å². The Morgan fingerprint density at radius 2 is 1.95 bits per heavy atom. The summed E-state index contributed by atoms with van der Waals surface area (Å²) in [5.41, 5.74) is 4.84. The topological polar surface area (TPSA) is 105 Å². The molecule has 1 heterocycles. The van der Waals surface area contributed by atoms with Crippen LogP contribution >= 0.6 is 11.5 Å². The smallest absolute Gasteiger partial charge is 0.182 e. The minimum absolute atomic E-state index is 0.0212. The summed E-state index contributed by atoms with van der Waals surface area (Å²) >= 11 is 1.02. The molecule has 20 heavy (non-hydrogen) atoms. The van der Waals surface area contributed by atoms with Crippen LogP contribution in [-0.2, 0) is 9.84 Å². The maximum Gasteiger partial charge on any atom is 0.182 e. The summed E-state index contributed by atoms with van der Waals surface area (Å²) in [5, 5.41) is 14.0. The standard InChI is InChI=1S/C12H21N3O3S2/c1-20(17,18)9-10(13)15-19-11(9)14-8-12(16)6-4-2-3-5-7-12/h14,16H,2-8H2,1H3,(H2,13,15). The normalized spacial score (nSPS) is 19.5. The molecule has 1 aromatic heterocycles. The molecular formula is C12H21N3O3S2. The molecule has 0 spiro atoms. The highest BCUT2D eigenvalue weighted by Crippen LogP contribution is 2.33. The average molecular weight is 319 g/mol. The summed E-state index contributed by atoms with van der Waals surface area (Å²) in [6.07, 6.45) is 6.88. The van der Waals surface area contributed by atoms with E-state index in [4.69, 9.17) is 5.73 Å². The number of sulfone groups is 1. The summed E-state index contributed by atoms with van der Waals surface area (Å²) in [6, 6.07) is 0. The van der Waals surface area contributed by atoms with Gasteiger partial charge in [-0.3, -0.25) is 0 Å². The van der Waals surface area contributed by atoms with Crippen LogP contribution in [0.4, 0.5) is 10.8 Å². The molecule has 0 aliphatic heterocycles. The van der Waals surface area contributed by atoms with Gasteiger partial charge in [-0.2, -0.15) is 4.37 Å². The second-order valence-corrected chi connectivity index (χ2v) is 8.22. The minimum Gasteiger partial charge on any atom is -0.388 e. The van der Waals surface area contributed by atoms with Crippen molar-refractivity contribution in [3.63, 3.8) is 0 Å². The van der Waals surface area contributed by atoms with Crippen molar-refractivity contribution in [1.82, 2.24) is 4.37 Å². The van der Waals surface area contributed by atoms with Crippen molar-refractivity contribution in [1.29, 1.82) is 0 Å². The lowest BCUT2D eigenvalue weighted by Crippen LogP contribution is -2.36. The van der Waals surface area contributed by atoms with Crippen LogP contribution in [0, 0.1) is 0 Å². The molecule has 1 aromatic rings. The summed E-state index contributed by atoms with van der Waals surface area (Å²) in [7, 11) is -3.42. The van der Waals surface area contributed by atoms with E-state index in [2.05, 4.69) is 9.69 Å². The Bertz CT molecular complexity index is 561. The molecule has 1 fully saturated rings. The Hall–Kier alpha value is -0.860. The highest BCUT2D eigenvalue weighted by atomic mass is 32.2. The number of nitrogens with zero attached hydrogens (tertiary/aromatic N) is 1. The minimum atomic E-state index is -3.42. The summed E-state index contributed by atoms with van der Waals surface area (Å²) in [6.45, 7) is 0.331. The fourth-order valence-electron chi connectivity index (χ4n) is 2.57. The van der Waals surface area contributed by atoms with Gasteiger partial charge >= 0.3 is 0 Å². The van der Waals surface area contributed by atoms with Gasteiger partial charge in [0, 0.05) is 12.8 Å². The number of aliphatic hydroxyl groups is 1. The van der Waals surface area contributed by atoms with Gasteiger partial charge in [0.15, 0.2) is 15.7 Å². The van der Waals surface area contributed by atoms with Crippen molar-refractivity contribution in [3.05, 3.63) is 0 Å². The van der Waals surface area contributed by atoms with E-state index in [1.165, 1.54) is 0 Å². The molecule has 0 radical (unpaired) electrons. The quantitative estimate of drug-likeness (QED) is 0.728.